The molecule has 1 atom stereocenters. The minimum absolute atomic E-state index is 0.0401. The first kappa shape index (κ1) is 17.2. The van der Waals surface area contributed by atoms with Crippen molar-refractivity contribution in [2.45, 2.75) is 17.2 Å². The van der Waals surface area contributed by atoms with Gasteiger partial charge in [-0.2, -0.15) is 36.0 Å². The topological polar surface area (TPSA) is 73.8 Å². The van der Waals surface area contributed by atoms with Crippen molar-refractivity contribution in [3.8, 4) is 5.69 Å². The lowest BCUT2D eigenvalue weighted by Crippen LogP contribution is -2.18. The number of benzene rings is 1. The van der Waals surface area contributed by atoms with Crippen molar-refractivity contribution >= 4 is 16.7 Å². The lowest BCUT2D eigenvalue weighted by molar-refractivity contribution is -0.144. The van der Waals surface area contributed by atoms with Gasteiger partial charge in [-0.1, -0.05) is 0 Å². The molecule has 12 heteroatoms. The summed E-state index contributed by atoms with van der Waals surface area (Å²) in [6, 6.07) is 4.47. The van der Waals surface area contributed by atoms with E-state index in [2.05, 4.69) is 10.1 Å². The van der Waals surface area contributed by atoms with E-state index in [0.717, 1.165) is 24.3 Å². The van der Waals surface area contributed by atoms with Crippen LogP contribution in [0.15, 0.2) is 29.2 Å². The molecule has 0 aliphatic rings. The lowest BCUT2D eigenvalue weighted by Gasteiger charge is -2.07. The van der Waals surface area contributed by atoms with Crippen molar-refractivity contribution in [3.05, 3.63) is 30.1 Å². The van der Waals surface area contributed by atoms with Gasteiger partial charge in [0.15, 0.2) is 0 Å². The molecule has 0 spiro atoms. The maximum absolute atomic E-state index is 12.5. The summed E-state index contributed by atoms with van der Waals surface area (Å²) in [5.41, 5.74) is 5.37. The van der Waals surface area contributed by atoms with Gasteiger partial charge in [0.05, 0.1) is 16.5 Å². The maximum atomic E-state index is 12.5. The van der Waals surface area contributed by atoms with Crippen molar-refractivity contribution in [2.75, 3.05) is 11.5 Å². The third kappa shape index (κ3) is 4.21. The molecule has 0 amide bonds. The highest BCUT2D eigenvalue weighted by atomic mass is 32.2. The third-order valence-electron chi connectivity index (χ3n) is 2.52. The minimum Gasteiger partial charge on any atom is -0.368 e. The van der Waals surface area contributed by atoms with E-state index in [0.29, 0.717) is 4.68 Å². The Bertz CT molecular complexity index is 722. The summed E-state index contributed by atoms with van der Waals surface area (Å²) >= 11 is 0. The number of nitrogen functional groups attached to an aromatic ring is 1. The van der Waals surface area contributed by atoms with Crippen LogP contribution in [0.1, 0.15) is 5.82 Å². The van der Waals surface area contributed by atoms with E-state index in [1.807, 2.05) is 0 Å². The summed E-state index contributed by atoms with van der Waals surface area (Å²) in [4.78, 5) is 2.94. The fourth-order valence-corrected chi connectivity index (χ4v) is 2.51. The van der Waals surface area contributed by atoms with Gasteiger partial charge >= 0.3 is 12.4 Å². The normalized spacial score (nSPS) is 14.0. The molecule has 0 saturated heterocycles. The molecule has 1 heterocycles. The summed E-state index contributed by atoms with van der Waals surface area (Å²) in [5, 5.41) is 3.18. The van der Waals surface area contributed by atoms with Crippen LogP contribution in [-0.4, -0.2) is 30.9 Å². The highest BCUT2D eigenvalue weighted by Crippen LogP contribution is 2.28. The Morgan fingerprint density at radius 3 is 2.09 bits per heavy atom. The van der Waals surface area contributed by atoms with E-state index in [-0.39, 0.29) is 10.6 Å². The van der Waals surface area contributed by atoms with E-state index in [1.165, 1.54) is 0 Å². The Hall–Kier alpha value is -2.11. The summed E-state index contributed by atoms with van der Waals surface area (Å²) < 4.78 is 86.1. The Morgan fingerprint density at radius 1 is 1.09 bits per heavy atom. The van der Waals surface area contributed by atoms with E-state index in [9.17, 15) is 30.6 Å². The zero-order chi connectivity index (χ0) is 17.4. The Kier molecular flexibility index (Phi) is 4.37. The van der Waals surface area contributed by atoms with Crippen LogP contribution in [0.2, 0.25) is 0 Å². The molecule has 2 N–H and O–H groups in total. The Balaban J connectivity index is 2.27. The standard InChI is InChI=1S/C11H8F6N4OS/c12-10(13,14)5-23(22)7-3-1-6(2-4-7)21-9(18)19-8(20-21)11(15,16)17/h1-4H,5H2,(H2,18,19,20)/t23-/m0/s1. The molecule has 1 aromatic heterocycles. The minimum atomic E-state index is -4.78. The van der Waals surface area contributed by atoms with Crippen LogP contribution < -0.4 is 5.73 Å². The molecule has 126 valence electrons. The first-order chi connectivity index (χ1) is 10.5. The first-order valence-electron chi connectivity index (χ1n) is 5.82. The average Bonchev–Trinajstić information content (AvgIpc) is 2.79. The molecular weight excluding hydrogens is 350 g/mol. The second-order valence-corrected chi connectivity index (χ2v) is 5.75. The summed E-state index contributed by atoms with van der Waals surface area (Å²) in [7, 11) is -2.31. The molecule has 0 aliphatic heterocycles. The van der Waals surface area contributed by atoms with E-state index >= 15 is 0 Å². The Labute approximate surface area is 127 Å². The van der Waals surface area contributed by atoms with Gasteiger partial charge in [0, 0.05) is 4.90 Å². The van der Waals surface area contributed by atoms with Gasteiger partial charge < -0.3 is 5.73 Å². The molecule has 2 aromatic rings. The summed E-state index contributed by atoms with van der Waals surface area (Å²) in [6.45, 7) is 0. The van der Waals surface area contributed by atoms with Crippen LogP contribution in [0.25, 0.3) is 5.69 Å². The maximum Gasteiger partial charge on any atom is 0.453 e. The van der Waals surface area contributed by atoms with Crippen molar-refractivity contribution in [3.63, 3.8) is 0 Å². The quantitative estimate of drug-likeness (QED) is 0.856. The van der Waals surface area contributed by atoms with Crippen LogP contribution in [0, 0.1) is 0 Å². The van der Waals surface area contributed by atoms with E-state index in [4.69, 9.17) is 5.73 Å². The fourth-order valence-electron chi connectivity index (χ4n) is 1.61. The molecule has 1 aromatic carbocycles. The van der Waals surface area contributed by atoms with Crippen LogP contribution in [0.3, 0.4) is 0 Å². The molecular formula is C11H8F6N4OS. The third-order valence-corrected chi connectivity index (χ3v) is 3.91. The SMILES string of the molecule is Nc1nc(C(F)(F)F)nn1-c1ccc([S@@](=O)CC(F)(F)F)cc1. The largest absolute Gasteiger partial charge is 0.453 e. The molecule has 0 aliphatic carbocycles. The van der Waals surface area contributed by atoms with Gasteiger partial charge in [-0.15, -0.1) is 5.10 Å². The number of aromatic nitrogens is 3. The monoisotopic (exact) mass is 358 g/mol. The zero-order valence-electron chi connectivity index (χ0n) is 11.0. The number of hydrogen-bond acceptors (Lipinski definition) is 4. The van der Waals surface area contributed by atoms with Crippen LogP contribution in [0.5, 0.6) is 0 Å². The second kappa shape index (κ2) is 5.83. The van der Waals surface area contributed by atoms with Gasteiger partial charge in [0.25, 0.3) is 5.82 Å². The number of rotatable bonds is 3. The molecule has 5 nitrogen and oxygen atoms in total. The zero-order valence-corrected chi connectivity index (χ0v) is 11.8. The second-order valence-electron chi connectivity index (χ2n) is 4.30. The number of nitrogens with two attached hydrogens (primary N) is 1. The Morgan fingerprint density at radius 2 is 1.65 bits per heavy atom. The van der Waals surface area contributed by atoms with Crippen LogP contribution in [0.4, 0.5) is 32.3 Å². The molecule has 23 heavy (non-hydrogen) atoms. The summed E-state index contributed by atoms with van der Waals surface area (Å²) in [6.07, 6.45) is -9.38. The predicted octanol–water partition coefficient (Wildman–Crippen LogP) is 2.54. The van der Waals surface area contributed by atoms with Gasteiger partial charge in [-0.3, -0.25) is 4.21 Å². The van der Waals surface area contributed by atoms with E-state index in [1.54, 1.807) is 0 Å². The molecule has 0 fully saturated rings. The van der Waals surface area contributed by atoms with E-state index < -0.39 is 40.7 Å². The number of anilines is 1. The molecule has 0 radical (unpaired) electrons. The fraction of sp³-hybridized carbons (Fsp3) is 0.273. The van der Waals surface area contributed by atoms with Gasteiger partial charge in [0.2, 0.25) is 5.95 Å². The van der Waals surface area contributed by atoms with Crippen LogP contribution >= 0.6 is 0 Å². The summed E-state index contributed by atoms with van der Waals surface area (Å²) in [5.74, 6) is -3.50. The number of nitrogens with zero attached hydrogens (tertiary/aromatic N) is 3. The van der Waals surface area contributed by atoms with Gasteiger partial charge in [-0.05, 0) is 24.3 Å². The highest BCUT2D eigenvalue weighted by Gasteiger charge is 2.37. The van der Waals surface area contributed by atoms with Crippen LogP contribution in [-0.2, 0) is 17.0 Å². The molecule has 0 bridgehead atoms. The first-order valence-corrected chi connectivity index (χ1v) is 7.14. The predicted molar refractivity (Wildman–Crippen MR) is 68.1 cm³/mol. The molecule has 2 rings (SSSR count). The van der Waals surface area contributed by atoms with Crippen molar-refractivity contribution in [1.82, 2.24) is 14.8 Å². The number of hydrogen-bond donors (Lipinski definition) is 1. The van der Waals surface area contributed by atoms with Crippen molar-refractivity contribution in [2.24, 2.45) is 0 Å². The molecule has 0 saturated carbocycles. The number of halogens is 6. The number of alkyl halides is 6. The van der Waals surface area contributed by atoms with Gasteiger partial charge in [-0.25, -0.2) is 0 Å². The van der Waals surface area contributed by atoms with Crippen molar-refractivity contribution < 1.29 is 30.6 Å². The average molecular weight is 358 g/mol. The smallest absolute Gasteiger partial charge is 0.368 e. The van der Waals surface area contributed by atoms with Crippen molar-refractivity contribution in [1.29, 1.82) is 0 Å². The highest BCUT2D eigenvalue weighted by molar-refractivity contribution is 7.85. The lowest BCUT2D eigenvalue weighted by atomic mass is 10.3. The molecule has 0 unspecified atom stereocenters. The van der Waals surface area contributed by atoms with Gasteiger partial charge in [0.1, 0.15) is 5.75 Å².